The lowest BCUT2D eigenvalue weighted by molar-refractivity contribution is -0.139. The largest absolute Gasteiger partial charge is 0.480 e. The molecule has 0 aliphatic heterocycles. The van der Waals surface area contributed by atoms with Crippen molar-refractivity contribution >= 4 is 35.1 Å². The van der Waals surface area contributed by atoms with Crippen molar-refractivity contribution in [1.82, 2.24) is 15.6 Å². The molecule has 1 heterocycles. The number of carboxylic acids is 1. The normalized spacial score (nSPS) is 11.9. The lowest BCUT2D eigenvalue weighted by atomic mass is 10.2. The van der Waals surface area contributed by atoms with E-state index in [9.17, 15) is 9.59 Å². The molecule has 0 radical (unpaired) electrons. The Morgan fingerprint density at radius 1 is 1.55 bits per heavy atom. The average Bonchev–Trinajstić information content (AvgIpc) is 2.80. The topological polar surface area (TPSA) is 91.3 Å². The maximum atomic E-state index is 11.6. The zero-order valence-corrected chi connectivity index (χ0v) is 13.1. The van der Waals surface area contributed by atoms with Gasteiger partial charge in [0, 0.05) is 18.3 Å². The molecule has 1 aromatic rings. The Kier molecular flexibility index (Phi) is 7.38. The van der Waals surface area contributed by atoms with Gasteiger partial charge in [-0.05, 0) is 25.4 Å². The van der Waals surface area contributed by atoms with E-state index in [0.29, 0.717) is 25.1 Å². The third-order valence-corrected chi connectivity index (χ3v) is 4.01. The van der Waals surface area contributed by atoms with E-state index in [1.54, 1.807) is 23.1 Å². The van der Waals surface area contributed by atoms with Crippen LogP contribution in [-0.4, -0.2) is 46.7 Å². The molecule has 6 nitrogen and oxygen atoms in total. The van der Waals surface area contributed by atoms with Gasteiger partial charge >= 0.3 is 12.0 Å². The molecule has 0 saturated heterocycles. The highest BCUT2D eigenvalue weighted by Crippen LogP contribution is 2.07. The van der Waals surface area contributed by atoms with Gasteiger partial charge in [-0.15, -0.1) is 11.3 Å². The molecule has 20 heavy (non-hydrogen) atoms. The third kappa shape index (κ3) is 6.25. The van der Waals surface area contributed by atoms with Gasteiger partial charge in [0.05, 0.1) is 10.7 Å². The van der Waals surface area contributed by atoms with Gasteiger partial charge in [0.25, 0.3) is 0 Å². The highest BCUT2D eigenvalue weighted by atomic mass is 32.2. The van der Waals surface area contributed by atoms with Crippen LogP contribution in [0.15, 0.2) is 5.38 Å². The first-order valence-corrected chi connectivity index (χ1v) is 8.47. The number of hydrogen-bond donors (Lipinski definition) is 3. The first-order valence-electron chi connectivity index (χ1n) is 6.20. The summed E-state index contributed by atoms with van der Waals surface area (Å²) >= 11 is 3.12. The molecule has 0 unspecified atom stereocenters. The molecule has 112 valence electrons. The van der Waals surface area contributed by atoms with Crippen molar-refractivity contribution in [3.8, 4) is 0 Å². The molecule has 1 atom stereocenters. The van der Waals surface area contributed by atoms with Gasteiger partial charge in [0.2, 0.25) is 0 Å². The summed E-state index contributed by atoms with van der Waals surface area (Å²) in [4.78, 5) is 26.9. The standard InChI is InChI=1S/C12H19N3O3S2/c1-8-14-9(7-20-8)3-5-13-12(18)15-10(11(16)17)4-6-19-2/h7,10H,3-6H2,1-2H3,(H,16,17)(H2,13,15,18)/t10-/m1/s1. The summed E-state index contributed by atoms with van der Waals surface area (Å²) in [5.74, 6) is -0.320. The number of rotatable bonds is 8. The fourth-order valence-electron chi connectivity index (χ4n) is 1.53. The lowest BCUT2D eigenvalue weighted by Crippen LogP contribution is -2.46. The van der Waals surface area contributed by atoms with E-state index in [1.807, 2.05) is 18.6 Å². The summed E-state index contributed by atoms with van der Waals surface area (Å²) in [6, 6.07) is -1.30. The van der Waals surface area contributed by atoms with Gasteiger partial charge in [0.1, 0.15) is 6.04 Å². The van der Waals surface area contributed by atoms with Crippen LogP contribution in [0.2, 0.25) is 0 Å². The fraction of sp³-hybridized carbons (Fsp3) is 0.583. The summed E-state index contributed by atoms with van der Waals surface area (Å²) in [7, 11) is 0. The zero-order chi connectivity index (χ0) is 15.0. The van der Waals surface area contributed by atoms with Crippen LogP contribution in [0.3, 0.4) is 0 Å². The lowest BCUT2D eigenvalue weighted by Gasteiger charge is -2.14. The molecule has 0 aliphatic rings. The fourth-order valence-corrected chi connectivity index (χ4v) is 2.65. The molecule has 0 saturated carbocycles. The van der Waals surface area contributed by atoms with Crippen molar-refractivity contribution in [3.63, 3.8) is 0 Å². The number of thioether (sulfide) groups is 1. The van der Waals surface area contributed by atoms with Crippen LogP contribution < -0.4 is 10.6 Å². The van der Waals surface area contributed by atoms with Crippen molar-refractivity contribution in [3.05, 3.63) is 16.1 Å². The van der Waals surface area contributed by atoms with Gasteiger partial charge in [-0.1, -0.05) is 0 Å². The van der Waals surface area contributed by atoms with Crippen molar-refractivity contribution in [2.75, 3.05) is 18.6 Å². The summed E-state index contributed by atoms with van der Waals surface area (Å²) in [5.41, 5.74) is 0.935. The number of aromatic nitrogens is 1. The van der Waals surface area contributed by atoms with E-state index in [1.165, 1.54) is 0 Å². The van der Waals surface area contributed by atoms with Crippen LogP contribution in [-0.2, 0) is 11.2 Å². The molecule has 0 aliphatic carbocycles. The first kappa shape index (κ1) is 16.8. The summed E-state index contributed by atoms with van der Waals surface area (Å²) in [6.45, 7) is 2.36. The Balaban J connectivity index is 2.28. The predicted octanol–water partition coefficient (Wildman–Crippen LogP) is 1.50. The van der Waals surface area contributed by atoms with Crippen LogP contribution >= 0.6 is 23.1 Å². The number of nitrogens with zero attached hydrogens (tertiary/aromatic N) is 1. The minimum Gasteiger partial charge on any atom is -0.480 e. The second kappa shape index (κ2) is 8.80. The number of carbonyl (C=O) groups excluding carboxylic acids is 1. The Labute approximate surface area is 126 Å². The van der Waals surface area contributed by atoms with Gasteiger partial charge in [0.15, 0.2) is 0 Å². The monoisotopic (exact) mass is 317 g/mol. The molecule has 0 spiro atoms. The van der Waals surface area contributed by atoms with Crippen LogP contribution in [0.25, 0.3) is 0 Å². The van der Waals surface area contributed by atoms with Crippen LogP contribution in [0, 0.1) is 6.92 Å². The molecule has 2 amide bonds. The van der Waals surface area contributed by atoms with Crippen molar-refractivity contribution in [1.29, 1.82) is 0 Å². The van der Waals surface area contributed by atoms with E-state index in [2.05, 4.69) is 15.6 Å². The number of amides is 2. The van der Waals surface area contributed by atoms with E-state index >= 15 is 0 Å². The molecular formula is C12H19N3O3S2. The molecule has 3 N–H and O–H groups in total. The minimum absolute atomic E-state index is 0.412. The first-order chi connectivity index (χ1) is 9.52. The van der Waals surface area contributed by atoms with E-state index in [-0.39, 0.29) is 0 Å². The molecule has 1 aromatic heterocycles. The van der Waals surface area contributed by atoms with Gasteiger partial charge < -0.3 is 15.7 Å². The number of thiazole rings is 1. The summed E-state index contributed by atoms with van der Waals surface area (Å²) in [5, 5.41) is 17.0. The Morgan fingerprint density at radius 3 is 2.85 bits per heavy atom. The maximum absolute atomic E-state index is 11.6. The Morgan fingerprint density at radius 2 is 2.30 bits per heavy atom. The van der Waals surface area contributed by atoms with Gasteiger partial charge in [-0.2, -0.15) is 11.8 Å². The Bertz CT molecular complexity index is 451. The van der Waals surface area contributed by atoms with Gasteiger partial charge in [-0.25, -0.2) is 14.6 Å². The van der Waals surface area contributed by atoms with Crippen molar-refractivity contribution in [2.45, 2.75) is 25.8 Å². The third-order valence-electron chi connectivity index (χ3n) is 2.55. The van der Waals surface area contributed by atoms with E-state index in [4.69, 9.17) is 5.11 Å². The van der Waals surface area contributed by atoms with Crippen LogP contribution in [0.1, 0.15) is 17.1 Å². The molecule has 0 bridgehead atoms. The second-order valence-corrected chi connectivity index (χ2v) is 6.23. The van der Waals surface area contributed by atoms with E-state index in [0.717, 1.165) is 10.7 Å². The molecule has 8 heteroatoms. The number of hydrogen-bond acceptors (Lipinski definition) is 5. The van der Waals surface area contributed by atoms with Gasteiger partial charge in [-0.3, -0.25) is 0 Å². The minimum atomic E-state index is -1.01. The highest BCUT2D eigenvalue weighted by molar-refractivity contribution is 7.98. The van der Waals surface area contributed by atoms with E-state index < -0.39 is 18.0 Å². The van der Waals surface area contributed by atoms with Crippen molar-refractivity contribution < 1.29 is 14.7 Å². The van der Waals surface area contributed by atoms with Crippen LogP contribution in [0.4, 0.5) is 4.79 Å². The second-order valence-electron chi connectivity index (χ2n) is 4.18. The molecule has 1 rings (SSSR count). The zero-order valence-electron chi connectivity index (χ0n) is 11.5. The summed E-state index contributed by atoms with van der Waals surface area (Å²) in [6.07, 6.45) is 2.95. The maximum Gasteiger partial charge on any atom is 0.326 e. The molecule has 0 fully saturated rings. The predicted molar refractivity (Wildman–Crippen MR) is 81.5 cm³/mol. The molecular weight excluding hydrogens is 298 g/mol. The van der Waals surface area contributed by atoms with Crippen molar-refractivity contribution in [2.24, 2.45) is 0 Å². The number of carbonyl (C=O) groups is 2. The quantitative estimate of drug-likeness (QED) is 0.676. The summed E-state index contributed by atoms with van der Waals surface area (Å²) < 4.78 is 0. The number of nitrogens with one attached hydrogen (secondary N) is 2. The number of aryl methyl sites for hydroxylation is 1. The average molecular weight is 317 g/mol. The number of carboxylic acid groups (broad SMARTS) is 1. The smallest absolute Gasteiger partial charge is 0.326 e. The van der Waals surface area contributed by atoms with Crippen LogP contribution in [0.5, 0.6) is 0 Å². The number of urea groups is 1. The molecule has 0 aromatic carbocycles. The Hall–Kier alpha value is -1.28. The number of aliphatic carboxylic acids is 1. The SMILES string of the molecule is CSCC[C@@H](NC(=O)NCCc1csc(C)n1)C(=O)O. The highest BCUT2D eigenvalue weighted by Gasteiger charge is 2.18.